The number of hydrogen-bond acceptors (Lipinski definition) is 3. The van der Waals surface area contributed by atoms with E-state index in [0.717, 1.165) is 11.7 Å². The van der Waals surface area contributed by atoms with E-state index in [1.165, 1.54) is 74.6 Å². The van der Waals surface area contributed by atoms with Gasteiger partial charge in [0.15, 0.2) is 5.06 Å². The Balaban J connectivity index is 1.45. The second kappa shape index (κ2) is 11.7. The molecule has 1 nitrogen and oxygen atoms in total. The molecule has 0 bridgehead atoms. The Labute approximate surface area is 149 Å². The molecule has 0 saturated carbocycles. The van der Waals surface area contributed by atoms with Crippen molar-refractivity contribution in [1.82, 2.24) is 0 Å². The summed E-state index contributed by atoms with van der Waals surface area (Å²) in [5.74, 6) is 0. The first kappa shape index (κ1) is 18.5. The van der Waals surface area contributed by atoms with Crippen LogP contribution in [0.3, 0.4) is 0 Å². The van der Waals surface area contributed by atoms with Crippen molar-refractivity contribution < 1.29 is 4.74 Å². The average Bonchev–Trinajstić information content (AvgIpc) is 3.23. The van der Waals surface area contributed by atoms with E-state index in [2.05, 4.69) is 35.9 Å². The SMILES string of the molecule is CCCCCCCCCCCCOc1ccc(-c2ccsc2)s1. The Morgan fingerprint density at radius 1 is 0.826 bits per heavy atom. The zero-order valence-corrected chi connectivity index (χ0v) is 16.0. The fourth-order valence-electron chi connectivity index (χ4n) is 2.72. The summed E-state index contributed by atoms with van der Waals surface area (Å²) < 4.78 is 5.88. The van der Waals surface area contributed by atoms with E-state index in [-0.39, 0.29) is 0 Å². The number of hydrogen-bond donors (Lipinski definition) is 0. The second-order valence-corrected chi connectivity index (χ2v) is 7.99. The summed E-state index contributed by atoms with van der Waals surface area (Å²) in [6.07, 6.45) is 13.7. The van der Waals surface area contributed by atoms with Crippen molar-refractivity contribution in [2.75, 3.05) is 6.61 Å². The summed E-state index contributed by atoms with van der Waals surface area (Å²) in [5, 5.41) is 5.37. The number of ether oxygens (including phenoxy) is 1. The fraction of sp³-hybridized carbons (Fsp3) is 0.600. The molecular weight excluding hydrogens is 320 g/mol. The lowest BCUT2D eigenvalue weighted by Gasteiger charge is -2.04. The van der Waals surface area contributed by atoms with Gasteiger partial charge in [-0.05, 0) is 35.4 Å². The first-order valence-corrected chi connectivity index (χ1v) is 10.9. The van der Waals surface area contributed by atoms with Crippen LogP contribution in [0.25, 0.3) is 10.4 Å². The van der Waals surface area contributed by atoms with E-state index >= 15 is 0 Å². The van der Waals surface area contributed by atoms with Gasteiger partial charge in [0.25, 0.3) is 0 Å². The zero-order valence-electron chi connectivity index (χ0n) is 14.4. The van der Waals surface area contributed by atoms with Crippen LogP contribution in [0.4, 0.5) is 0 Å². The maximum atomic E-state index is 5.88. The molecule has 0 amide bonds. The van der Waals surface area contributed by atoms with Crippen LogP contribution in [0.2, 0.25) is 0 Å². The monoisotopic (exact) mass is 350 g/mol. The van der Waals surface area contributed by atoms with Crippen molar-refractivity contribution in [1.29, 1.82) is 0 Å². The third-order valence-electron chi connectivity index (χ3n) is 4.13. The fourth-order valence-corrected chi connectivity index (χ4v) is 4.33. The van der Waals surface area contributed by atoms with Crippen LogP contribution in [-0.2, 0) is 0 Å². The molecule has 2 heterocycles. The summed E-state index contributed by atoms with van der Waals surface area (Å²) in [7, 11) is 0. The van der Waals surface area contributed by atoms with Gasteiger partial charge in [-0.25, -0.2) is 0 Å². The Kier molecular flexibility index (Phi) is 9.42. The molecule has 23 heavy (non-hydrogen) atoms. The molecular formula is C20H30OS2. The van der Waals surface area contributed by atoms with Crippen LogP contribution in [0.15, 0.2) is 29.0 Å². The molecule has 0 atom stereocenters. The van der Waals surface area contributed by atoms with Crippen molar-refractivity contribution in [3.63, 3.8) is 0 Å². The highest BCUT2D eigenvalue weighted by Gasteiger charge is 2.03. The summed E-state index contributed by atoms with van der Waals surface area (Å²) in [5.41, 5.74) is 1.31. The molecule has 0 unspecified atom stereocenters. The van der Waals surface area contributed by atoms with Crippen LogP contribution >= 0.6 is 22.7 Å². The summed E-state index contributed by atoms with van der Waals surface area (Å²) in [6.45, 7) is 3.14. The molecule has 0 aromatic carbocycles. The van der Waals surface area contributed by atoms with Crippen LogP contribution in [0.5, 0.6) is 5.06 Å². The molecule has 128 valence electrons. The van der Waals surface area contributed by atoms with Gasteiger partial charge in [0, 0.05) is 10.4 Å². The van der Waals surface area contributed by atoms with Gasteiger partial charge >= 0.3 is 0 Å². The molecule has 3 heteroatoms. The summed E-state index contributed by atoms with van der Waals surface area (Å²) in [4.78, 5) is 1.31. The first-order chi connectivity index (χ1) is 11.4. The van der Waals surface area contributed by atoms with Crippen LogP contribution in [-0.4, -0.2) is 6.61 Å². The van der Waals surface area contributed by atoms with Gasteiger partial charge in [0.2, 0.25) is 0 Å². The molecule has 0 aliphatic heterocycles. The van der Waals surface area contributed by atoms with Gasteiger partial charge < -0.3 is 4.74 Å². The van der Waals surface area contributed by atoms with Crippen molar-refractivity contribution in [2.24, 2.45) is 0 Å². The molecule has 2 rings (SSSR count). The molecule has 0 aliphatic carbocycles. The Morgan fingerprint density at radius 3 is 2.17 bits per heavy atom. The maximum absolute atomic E-state index is 5.88. The quantitative estimate of drug-likeness (QED) is 0.335. The molecule has 0 spiro atoms. The minimum absolute atomic E-state index is 0.861. The summed E-state index contributed by atoms with van der Waals surface area (Å²) in [6, 6.07) is 6.44. The lowest BCUT2D eigenvalue weighted by molar-refractivity contribution is 0.312. The first-order valence-electron chi connectivity index (χ1n) is 9.15. The van der Waals surface area contributed by atoms with Crippen LogP contribution < -0.4 is 4.74 Å². The topological polar surface area (TPSA) is 9.23 Å². The number of unbranched alkanes of at least 4 members (excludes halogenated alkanes) is 9. The van der Waals surface area contributed by atoms with Gasteiger partial charge in [-0.2, -0.15) is 11.3 Å². The maximum Gasteiger partial charge on any atom is 0.174 e. The molecule has 0 N–H and O–H groups in total. The third-order valence-corrected chi connectivity index (χ3v) is 5.86. The lowest BCUT2D eigenvalue weighted by Crippen LogP contribution is -1.95. The van der Waals surface area contributed by atoms with Crippen LogP contribution in [0, 0.1) is 0 Å². The van der Waals surface area contributed by atoms with Crippen LogP contribution in [0.1, 0.15) is 71.1 Å². The highest BCUT2D eigenvalue weighted by molar-refractivity contribution is 7.17. The molecule has 0 saturated heterocycles. The Bertz CT molecular complexity index is 501. The second-order valence-electron chi connectivity index (χ2n) is 6.16. The van der Waals surface area contributed by atoms with E-state index in [0.29, 0.717) is 0 Å². The Hall–Kier alpha value is -0.800. The van der Waals surface area contributed by atoms with Gasteiger partial charge in [-0.1, -0.05) is 76.0 Å². The molecule has 0 fully saturated rings. The van der Waals surface area contributed by atoms with E-state index < -0.39 is 0 Å². The Morgan fingerprint density at radius 2 is 1.52 bits per heavy atom. The van der Waals surface area contributed by atoms with Gasteiger partial charge in [0.1, 0.15) is 0 Å². The molecule has 2 aromatic heterocycles. The van der Waals surface area contributed by atoms with E-state index in [4.69, 9.17) is 4.74 Å². The van der Waals surface area contributed by atoms with Crippen molar-refractivity contribution >= 4 is 22.7 Å². The standard InChI is InChI=1S/C20H30OS2/c1-2-3-4-5-6-7-8-9-10-11-15-21-20-13-12-19(23-20)18-14-16-22-17-18/h12-14,16-17H,2-11,15H2,1H3. The molecule has 0 radical (unpaired) electrons. The van der Waals surface area contributed by atoms with E-state index in [9.17, 15) is 0 Å². The van der Waals surface area contributed by atoms with Gasteiger partial charge in [-0.3, -0.25) is 0 Å². The molecule has 0 aliphatic rings. The number of rotatable bonds is 13. The predicted octanol–water partition coefficient (Wildman–Crippen LogP) is 7.78. The minimum atomic E-state index is 0.861. The third kappa shape index (κ3) is 7.54. The smallest absolute Gasteiger partial charge is 0.174 e. The number of thiophene rings is 2. The van der Waals surface area contributed by atoms with Crippen molar-refractivity contribution in [3.05, 3.63) is 29.0 Å². The van der Waals surface area contributed by atoms with Gasteiger partial charge in [0.05, 0.1) is 6.61 Å². The summed E-state index contributed by atoms with van der Waals surface area (Å²) >= 11 is 3.50. The lowest BCUT2D eigenvalue weighted by atomic mass is 10.1. The predicted molar refractivity (Wildman–Crippen MR) is 105 cm³/mol. The van der Waals surface area contributed by atoms with Crippen molar-refractivity contribution in [2.45, 2.75) is 71.1 Å². The highest BCUT2D eigenvalue weighted by atomic mass is 32.1. The minimum Gasteiger partial charge on any atom is -0.484 e. The normalized spacial score (nSPS) is 11.0. The average molecular weight is 351 g/mol. The van der Waals surface area contributed by atoms with Gasteiger partial charge in [-0.15, -0.1) is 0 Å². The van der Waals surface area contributed by atoms with Crippen molar-refractivity contribution in [3.8, 4) is 15.5 Å². The molecule has 2 aromatic rings. The van der Waals surface area contributed by atoms with E-state index in [1.54, 1.807) is 22.7 Å². The highest BCUT2D eigenvalue weighted by Crippen LogP contribution is 2.34. The van der Waals surface area contributed by atoms with E-state index in [1.807, 2.05) is 0 Å². The largest absolute Gasteiger partial charge is 0.484 e. The zero-order chi connectivity index (χ0) is 16.2.